The summed E-state index contributed by atoms with van der Waals surface area (Å²) in [7, 11) is -3.62. The number of amides is 1. The highest BCUT2D eigenvalue weighted by Gasteiger charge is 2.28. The second kappa shape index (κ2) is 10.7. The average molecular weight is 518 g/mol. The molecule has 1 N–H and O–H groups in total. The van der Waals surface area contributed by atoms with Crippen LogP contribution in [0, 0.1) is 0 Å². The van der Waals surface area contributed by atoms with Crippen molar-refractivity contribution in [2.75, 3.05) is 30.9 Å². The zero-order chi connectivity index (χ0) is 25.0. The lowest BCUT2D eigenvalue weighted by Gasteiger charge is -2.39. The number of benzene rings is 3. The Hall–Kier alpha value is -3.46. The van der Waals surface area contributed by atoms with Crippen molar-refractivity contribution in [1.82, 2.24) is 9.80 Å². The smallest absolute Gasteiger partial charge is 0.271 e. The van der Waals surface area contributed by atoms with Gasteiger partial charge in [-0.15, -0.1) is 11.3 Å². The number of piperazine rings is 1. The number of hydrogen-bond acceptors (Lipinski definition) is 5. The van der Waals surface area contributed by atoms with Crippen molar-refractivity contribution in [2.24, 2.45) is 0 Å². The standard InChI is InChI=1S/C28H27N3O3S2/c32-28(24-13-15-25(16-14-24)29-36(33,34)26-12-7-21-35-26)31-19-17-30(18-20-31)27(22-8-3-1-4-9-22)23-10-5-2-6-11-23/h1-16,21,27,29H,17-20H2. The molecule has 0 radical (unpaired) electrons. The van der Waals surface area contributed by atoms with E-state index in [1.54, 1.807) is 41.8 Å². The molecule has 1 aliphatic rings. The molecule has 0 saturated carbocycles. The van der Waals surface area contributed by atoms with Gasteiger partial charge in [-0.1, -0.05) is 66.7 Å². The van der Waals surface area contributed by atoms with E-state index >= 15 is 0 Å². The zero-order valence-corrected chi connectivity index (χ0v) is 21.3. The number of nitrogens with one attached hydrogen (secondary N) is 1. The van der Waals surface area contributed by atoms with Crippen LogP contribution in [0.1, 0.15) is 27.5 Å². The minimum Gasteiger partial charge on any atom is -0.336 e. The SMILES string of the molecule is O=C(c1ccc(NS(=O)(=O)c2cccs2)cc1)N1CCN(C(c2ccccc2)c2ccccc2)CC1. The summed E-state index contributed by atoms with van der Waals surface area (Å²) < 4.78 is 27.7. The van der Waals surface area contributed by atoms with E-state index in [-0.39, 0.29) is 16.2 Å². The molecule has 2 heterocycles. The van der Waals surface area contributed by atoms with Gasteiger partial charge in [0.15, 0.2) is 0 Å². The second-order valence-corrected chi connectivity index (χ2v) is 11.5. The van der Waals surface area contributed by atoms with Gasteiger partial charge in [0.25, 0.3) is 15.9 Å². The zero-order valence-electron chi connectivity index (χ0n) is 19.7. The van der Waals surface area contributed by atoms with E-state index in [4.69, 9.17) is 0 Å². The van der Waals surface area contributed by atoms with Crippen LogP contribution >= 0.6 is 11.3 Å². The van der Waals surface area contributed by atoms with Crippen LogP contribution in [0.4, 0.5) is 5.69 Å². The summed E-state index contributed by atoms with van der Waals surface area (Å²) in [5.41, 5.74) is 3.46. The lowest BCUT2D eigenvalue weighted by atomic mass is 9.96. The second-order valence-electron chi connectivity index (χ2n) is 8.67. The molecule has 1 saturated heterocycles. The molecule has 0 atom stereocenters. The molecule has 3 aromatic carbocycles. The number of sulfonamides is 1. The first kappa shape index (κ1) is 24.2. The highest BCUT2D eigenvalue weighted by molar-refractivity contribution is 7.94. The minimum absolute atomic E-state index is 0.0433. The van der Waals surface area contributed by atoms with Crippen molar-refractivity contribution in [3.8, 4) is 0 Å². The van der Waals surface area contributed by atoms with Gasteiger partial charge in [0.2, 0.25) is 0 Å². The Bertz CT molecular complexity index is 1340. The van der Waals surface area contributed by atoms with E-state index < -0.39 is 10.0 Å². The highest BCUT2D eigenvalue weighted by Crippen LogP contribution is 2.30. The van der Waals surface area contributed by atoms with Gasteiger partial charge in [-0.05, 0) is 46.8 Å². The Morgan fingerprint density at radius 2 is 1.33 bits per heavy atom. The first-order valence-electron chi connectivity index (χ1n) is 11.8. The van der Waals surface area contributed by atoms with Crippen molar-refractivity contribution < 1.29 is 13.2 Å². The van der Waals surface area contributed by atoms with Crippen molar-refractivity contribution >= 4 is 33.0 Å². The summed E-state index contributed by atoms with van der Waals surface area (Å²) in [5, 5.41) is 1.72. The van der Waals surface area contributed by atoms with Gasteiger partial charge >= 0.3 is 0 Å². The van der Waals surface area contributed by atoms with Gasteiger partial charge in [0.1, 0.15) is 4.21 Å². The predicted molar refractivity (Wildman–Crippen MR) is 144 cm³/mol. The van der Waals surface area contributed by atoms with E-state index in [1.807, 2.05) is 17.0 Å². The molecule has 5 rings (SSSR count). The first-order chi connectivity index (χ1) is 17.5. The maximum Gasteiger partial charge on any atom is 0.271 e. The van der Waals surface area contributed by atoms with Crippen molar-refractivity contribution in [3.05, 3.63) is 119 Å². The molecule has 0 unspecified atom stereocenters. The predicted octanol–water partition coefficient (Wildman–Crippen LogP) is 5.10. The van der Waals surface area contributed by atoms with Crippen molar-refractivity contribution in [3.63, 3.8) is 0 Å². The molecular weight excluding hydrogens is 490 g/mol. The van der Waals surface area contributed by atoms with Gasteiger partial charge in [0, 0.05) is 37.4 Å². The lowest BCUT2D eigenvalue weighted by Crippen LogP contribution is -2.49. The third-order valence-corrected chi connectivity index (χ3v) is 9.12. The molecule has 0 spiro atoms. The van der Waals surface area contributed by atoms with Gasteiger partial charge in [-0.3, -0.25) is 14.4 Å². The number of rotatable bonds is 7. The third kappa shape index (κ3) is 5.36. The summed E-state index contributed by atoms with van der Waals surface area (Å²) >= 11 is 1.16. The summed E-state index contributed by atoms with van der Waals surface area (Å²) in [6.45, 7) is 2.78. The number of carbonyl (C=O) groups is 1. The Labute approximate surface area is 215 Å². The van der Waals surface area contributed by atoms with E-state index in [9.17, 15) is 13.2 Å². The van der Waals surface area contributed by atoms with Crippen molar-refractivity contribution in [1.29, 1.82) is 0 Å². The number of nitrogens with zero attached hydrogens (tertiary/aromatic N) is 2. The monoisotopic (exact) mass is 517 g/mol. The van der Waals surface area contributed by atoms with Gasteiger partial charge in [-0.25, -0.2) is 8.42 Å². The van der Waals surface area contributed by atoms with Gasteiger partial charge in [-0.2, -0.15) is 0 Å². The third-order valence-electron chi connectivity index (χ3n) is 6.34. The van der Waals surface area contributed by atoms with Crippen LogP contribution in [0.5, 0.6) is 0 Å². The van der Waals surface area contributed by atoms with Crippen LogP contribution in [0.25, 0.3) is 0 Å². The minimum atomic E-state index is -3.62. The van der Waals surface area contributed by atoms with Crippen LogP contribution < -0.4 is 4.72 Å². The fourth-order valence-corrected chi connectivity index (χ4v) is 6.60. The fraction of sp³-hybridized carbons (Fsp3) is 0.179. The molecule has 6 nitrogen and oxygen atoms in total. The normalized spacial score (nSPS) is 14.6. The number of anilines is 1. The Morgan fingerprint density at radius 3 is 1.86 bits per heavy atom. The van der Waals surface area contributed by atoms with E-state index in [2.05, 4.69) is 58.2 Å². The molecule has 1 aliphatic heterocycles. The van der Waals surface area contributed by atoms with Crippen molar-refractivity contribution in [2.45, 2.75) is 10.3 Å². The van der Waals surface area contributed by atoms with Gasteiger partial charge < -0.3 is 4.90 Å². The molecule has 1 aromatic heterocycles. The Balaban J connectivity index is 1.24. The quantitative estimate of drug-likeness (QED) is 0.371. The molecule has 184 valence electrons. The molecule has 36 heavy (non-hydrogen) atoms. The van der Waals surface area contributed by atoms with Crippen LogP contribution in [-0.4, -0.2) is 50.3 Å². The topological polar surface area (TPSA) is 69.7 Å². The molecular formula is C28H27N3O3S2. The van der Waals surface area contributed by atoms with Crippen LogP contribution in [0.3, 0.4) is 0 Å². The Morgan fingerprint density at radius 1 is 0.750 bits per heavy atom. The number of hydrogen-bond donors (Lipinski definition) is 1. The maximum atomic E-state index is 13.2. The van der Waals surface area contributed by atoms with Crippen LogP contribution in [0.2, 0.25) is 0 Å². The molecule has 4 aromatic rings. The molecule has 0 bridgehead atoms. The number of thiophene rings is 1. The van der Waals surface area contributed by atoms with E-state index in [1.165, 1.54) is 11.1 Å². The molecule has 8 heteroatoms. The highest BCUT2D eigenvalue weighted by atomic mass is 32.2. The maximum absolute atomic E-state index is 13.2. The number of carbonyl (C=O) groups excluding carboxylic acids is 1. The van der Waals surface area contributed by atoms with Crippen LogP contribution in [0.15, 0.2) is 107 Å². The fourth-order valence-electron chi connectivity index (χ4n) is 4.55. The van der Waals surface area contributed by atoms with Crippen LogP contribution in [-0.2, 0) is 10.0 Å². The van der Waals surface area contributed by atoms with E-state index in [0.717, 1.165) is 24.4 Å². The average Bonchev–Trinajstić information content (AvgIpc) is 3.47. The van der Waals surface area contributed by atoms with E-state index in [0.29, 0.717) is 24.3 Å². The summed E-state index contributed by atoms with van der Waals surface area (Å²) in [6.07, 6.45) is 0. The molecule has 1 fully saturated rings. The Kier molecular flexibility index (Phi) is 7.18. The lowest BCUT2D eigenvalue weighted by molar-refractivity contribution is 0.0597. The molecule has 1 amide bonds. The first-order valence-corrected chi connectivity index (χ1v) is 14.2. The van der Waals surface area contributed by atoms with Gasteiger partial charge in [0.05, 0.1) is 6.04 Å². The summed E-state index contributed by atoms with van der Waals surface area (Å²) in [6, 6.07) is 31.0. The largest absolute Gasteiger partial charge is 0.336 e. The summed E-state index contributed by atoms with van der Waals surface area (Å²) in [4.78, 5) is 17.5. The molecule has 0 aliphatic carbocycles. The summed E-state index contributed by atoms with van der Waals surface area (Å²) in [5.74, 6) is -0.0433.